The molecule has 0 unspecified atom stereocenters. The first-order chi connectivity index (χ1) is 19.1. The Morgan fingerprint density at radius 3 is 2.18 bits per heavy atom. The van der Waals surface area contributed by atoms with E-state index in [4.69, 9.17) is 14.5 Å². The Morgan fingerprint density at radius 1 is 0.897 bits per heavy atom. The molecule has 0 radical (unpaired) electrons. The summed E-state index contributed by atoms with van der Waals surface area (Å²) in [5.74, 6) is 2.13. The molecule has 5 rings (SSSR count). The Hall–Kier alpha value is -3.48. The van der Waals surface area contributed by atoms with E-state index in [0.717, 1.165) is 61.0 Å². The fourth-order valence-electron chi connectivity index (χ4n) is 4.66. The van der Waals surface area contributed by atoms with Gasteiger partial charge in [0.1, 0.15) is 0 Å². The highest BCUT2D eigenvalue weighted by molar-refractivity contribution is 14.1. The van der Waals surface area contributed by atoms with Gasteiger partial charge < -0.3 is 19.3 Å². The molecule has 0 bridgehead atoms. The van der Waals surface area contributed by atoms with Gasteiger partial charge in [0.25, 0.3) is 0 Å². The number of halogens is 1. The zero-order valence-electron chi connectivity index (χ0n) is 22.0. The van der Waals surface area contributed by atoms with Crippen LogP contribution in [0.5, 0.6) is 11.5 Å². The number of hydrogen-bond donors (Lipinski definition) is 1. The number of benzene rings is 2. The first-order valence-electron chi connectivity index (χ1n) is 13.3. The lowest BCUT2D eigenvalue weighted by atomic mass is 10.1. The molecule has 39 heavy (non-hydrogen) atoms. The average molecular weight is 642 g/mol. The first kappa shape index (κ1) is 27.1. The molecule has 204 valence electrons. The molecule has 2 fully saturated rings. The predicted molar refractivity (Wildman–Crippen MR) is 160 cm³/mol. The zero-order valence-corrected chi connectivity index (χ0v) is 24.1. The maximum Gasteiger partial charge on any atom is 0.343 e. The molecule has 1 N–H and O–H groups in total. The van der Waals surface area contributed by atoms with E-state index in [1.165, 1.54) is 20.0 Å². The van der Waals surface area contributed by atoms with Gasteiger partial charge in [-0.05, 0) is 103 Å². The van der Waals surface area contributed by atoms with Gasteiger partial charge in [0.05, 0.1) is 18.9 Å². The monoisotopic (exact) mass is 641 g/mol. The number of aromatic nitrogens is 3. The number of rotatable bonds is 8. The molecule has 0 saturated carbocycles. The molecule has 0 spiro atoms. The molecule has 2 aromatic carbocycles. The summed E-state index contributed by atoms with van der Waals surface area (Å²) in [7, 11) is 1.53. The lowest BCUT2D eigenvalue weighted by Crippen LogP contribution is -2.34. The number of anilines is 3. The van der Waals surface area contributed by atoms with Crippen LogP contribution >= 0.6 is 22.6 Å². The number of methoxy groups -OCH3 is 1. The lowest BCUT2D eigenvalue weighted by Gasteiger charge is -2.30. The summed E-state index contributed by atoms with van der Waals surface area (Å²) < 4.78 is 12.0. The van der Waals surface area contributed by atoms with Crippen molar-refractivity contribution in [2.75, 3.05) is 48.5 Å². The van der Waals surface area contributed by atoms with Crippen LogP contribution in [0.15, 0.2) is 47.6 Å². The Labute approximate surface area is 242 Å². The van der Waals surface area contributed by atoms with Crippen LogP contribution < -0.4 is 24.7 Å². The molecule has 3 aromatic rings. The maximum absolute atomic E-state index is 12.6. The normalized spacial score (nSPS) is 15.8. The zero-order chi connectivity index (χ0) is 27.0. The van der Waals surface area contributed by atoms with Crippen molar-refractivity contribution in [2.24, 2.45) is 5.10 Å². The van der Waals surface area contributed by atoms with Crippen LogP contribution in [0.25, 0.3) is 0 Å². The summed E-state index contributed by atoms with van der Waals surface area (Å²) in [6, 6.07) is 12.5. The van der Waals surface area contributed by atoms with E-state index in [1.54, 1.807) is 36.5 Å². The smallest absolute Gasteiger partial charge is 0.343 e. The van der Waals surface area contributed by atoms with Gasteiger partial charge in [0, 0.05) is 29.7 Å². The molecule has 2 aliphatic heterocycles. The summed E-state index contributed by atoms with van der Waals surface area (Å²) in [6.45, 7) is 3.80. The van der Waals surface area contributed by atoms with Crippen molar-refractivity contribution < 1.29 is 14.3 Å². The number of carbonyl (C=O) groups is 1. The van der Waals surface area contributed by atoms with Crippen molar-refractivity contribution in [1.29, 1.82) is 0 Å². The highest BCUT2D eigenvalue weighted by atomic mass is 127. The van der Waals surface area contributed by atoms with Gasteiger partial charge in [-0.1, -0.05) is 6.07 Å². The Morgan fingerprint density at radius 2 is 1.56 bits per heavy atom. The number of nitrogens with zero attached hydrogens (tertiary/aromatic N) is 6. The third kappa shape index (κ3) is 7.14. The van der Waals surface area contributed by atoms with Gasteiger partial charge in [-0.25, -0.2) is 10.2 Å². The fraction of sp³-hybridized carbons (Fsp3) is 0.393. The third-order valence-electron chi connectivity index (χ3n) is 6.72. The highest BCUT2D eigenvalue weighted by Crippen LogP contribution is 2.29. The number of nitrogens with one attached hydrogen (secondary N) is 1. The summed E-state index contributed by atoms with van der Waals surface area (Å²) in [5.41, 5.74) is 4.23. The van der Waals surface area contributed by atoms with Crippen LogP contribution in [0, 0.1) is 3.57 Å². The Bertz CT molecular complexity index is 1290. The molecule has 0 atom stereocenters. The van der Waals surface area contributed by atoms with Gasteiger partial charge in [0.15, 0.2) is 11.5 Å². The molecule has 11 heteroatoms. The van der Waals surface area contributed by atoms with Crippen molar-refractivity contribution in [3.8, 4) is 11.5 Å². The Kier molecular flexibility index (Phi) is 9.07. The Balaban J connectivity index is 1.30. The summed E-state index contributed by atoms with van der Waals surface area (Å²) in [5, 5.41) is 4.38. The number of esters is 1. The second-order valence-corrected chi connectivity index (χ2v) is 10.8. The standard InChI is InChI=1S/C28H32IN7O3/c1-38-24-17-20(11-12-23(24)39-25(37)21-9-8-10-22(29)18-21)19-30-34-26-31-27(35-13-4-2-5-14-35)33-28(32-26)36-15-6-3-7-16-36/h8-12,17-19H,2-7,13-16H2,1H3,(H,31,32,33,34)/b30-19+. The quantitative estimate of drug-likeness (QED) is 0.118. The average Bonchev–Trinajstić information content (AvgIpc) is 2.98. The van der Waals surface area contributed by atoms with Crippen molar-refractivity contribution in [3.63, 3.8) is 0 Å². The van der Waals surface area contributed by atoms with Crippen molar-refractivity contribution in [1.82, 2.24) is 15.0 Å². The molecule has 2 saturated heterocycles. The summed E-state index contributed by atoms with van der Waals surface area (Å²) in [4.78, 5) is 31.2. The van der Waals surface area contributed by atoms with Gasteiger partial charge in [0.2, 0.25) is 17.8 Å². The van der Waals surface area contributed by atoms with Crippen molar-refractivity contribution in [2.45, 2.75) is 38.5 Å². The van der Waals surface area contributed by atoms with Crippen LogP contribution in [-0.2, 0) is 0 Å². The SMILES string of the molecule is COc1cc(/C=N/Nc2nc(N3CCCCC3)nc(N3CCCCC3)n2)ccc1OC(=O)c1cccc(I)c1. The van der Waals surface area contributed by atoms with Crippen LogP contribution in [0.2, 0.25) is 0 Å². The third-order valence-corrected chi connectivity index (χ3v) is 7.39. The number of hydrazone groups is 1. The van der Waals surface area contributed by atoms with Crippen LogP contribution in [0.3, 0.4) is 0 Å². The predicted octanol–water partition coefficient (Wildman–Crippen LogP) is 5.13. The van der Waals surface area contributed by atoms with E-state index >= 15 is 0 Å². The van der Waals surface area contributed by atoms with Crippen LogP contribution in [0.4, 0.5) is 17.8 Å². The van der Waals surface area contributed by atoms with Crippen molar-refractivity contribution >= 4 is 52.6 Å². The van der Waals surface area contributed by atoms with E-state index in [1.807, 2.05) is 12.1 Å². The van der Waals surface area contributed by atoms with Gasteiger partial charge >= 0.3 is 5.97 Å². The summed E-state index contributed by atoms with van der Waals surface area (Å²) >= 11 is 2.16. The number of hydrogen-bond acceptors (Lipinski definition) is 10. The largest absolute Gasteiger partial charge is 0.493 e. The lowest BCUT2D eigenvalue weighted by molar-refractivity contribution is 0.0729. The van der Waals surface area contributed by atoms with E-state index in [2.05, 4.69) is 52.9 Å². The minimum absolute atomic E-state index is 0.335. The minimum Gasteiger partial charge on any atom is -0.493 e. The maximum atomic E-state index is 12.6. The molecular weight excluding hydrogens is 609 g/mol. The van der Waals surface area contributed by atoms with Crippen molar-refractivity contribution in [3.05, 3.63) is 57.2 Å². The number of ether oxygens (including phenoxy) is 2. The second-order valence-electron chi connectivity index (χ2n) is 9.53. The topological polar surface area (TPSA) is 105 Å². The van der Waals surface area contributed by atoms with E-state index in [-0.39, 0.29) is 0 Å². The highest BCUT2D eigenvalue weighted by Gasteiger charge is 2.20. The molecule has 10 nitrogen and oxygen atoms in total. The van der Waals surface area contributed by atoms with Gasteiger partial charge in [-0.2, -0.15) is 20.1 Å². The van der Waals surface area contributed by atoms with E-state index in [9.17, 15) is 4.79 Å². The van der Waals surface area contributed by atoms with Crippen LogP contribution in [0.1, 0.15) is 54.4 Å². The molecular formula is C28H32IN7O3. The first-order valence-corrected chi connectivity index (χ1v) is 14.4. The number of carbonyl (C=O) groups excluding carboxylic acids is 1. The van der Waals surface area contributed by atoms with E-state index < -0.39 is 5.97 Å². The molecule has 2 aliphatic rings. The van der Waals surface area contributed by atoms with Gasteiger partial charge in [-0.15, -0.1) is 0 Å². The molecule has 0 aliphatic carbocycles. The van der Waals surface area contributed by atoms with E-state index in [0.29, 0.717) is 34.9 Å². The molecule has 3 heterocycles. The minimum atomic E-state index is -0.446. The summed E-state index contributed by atoms with van der Waals surface area (Å²) in [6.07, 6.45) is 8.70. The molecule has 0 amide bonds. The second kappa shape index (κ2) is 13.0. The molecule has 1 aromatic heterocycles. The van der Waals surface area contributed by atoms with Gasteiger partial charge in [-0.3, -0.25) is 0 Å². The van der Waals surface area contributed by atoms with Crippen LogP contribution in [-0.4, -0.2) is 60.4 Å². The fourth-order valence-corrected chi connectivity index (χ4v) is 5.21. The number of piperidine rings is 2.